The van der Waals surface area contributed by atoms with Gasteiger partial charge < -0.3 is 38.6 Å². The van der Waals surface area contributed by atoms with Crippen LogP contribution in [0.2, 0.25) is 0 Å². The van der Waals surface area contributed by atoms with Gasteiger partial charge in [0.25, 0.3) is 5.91 Å². The van der Waals surface area contributed by atoms with Crippen LogP contribution in [0.25, 0.3) is 0 Å². The van der Waals surface area contributed by atoms with Crippen molar-refractivity contribution >= 4 is 5.91 Å². The molecule has 214 valence electrons. The highest BCUT2D eigenvalue weighted by atomic mass is 16.5. The van der Waals surface area contributed by atoms with E-state index in [-0.39, 0.29) is 24.0 Å². The Morgan fingerprint density at radius 1 is 1.03 bits per heavy atom. The van der Waals surface area contributed by atoms with E-state index in [0.29, 0.717) is 56.6 Å². The lowest BCUT2D eigenvalue weighted by Gasteiger charge is -2.31. The number of nitrogens with one attached hydrogen (secondary N) is 1. The number of benzene rings is 2. The number of fused-ring (bicyclic) bond motifs is 1. The van der Waals surface area contributed by atoms with Gasteiger partial charge >= 0.3 is 0 Å². The summed E-state index contributed by atoms with van der Waals surface area (Å²) < 4.78 is 34.4. The quantitative estimate of drug-likeness (QED) is 0.381. The van der Waals surface area contributed by atoms with Gasteiger partial charge in [0.1, 0.15) is 0 Å². The van der Waals surface area contributed by atoms with Crippen molar-refractivity contribution < 1.29 is 33.2 Å². The first-order chi connectivity index (χ1) is 19.0. The van der Waals surface area contributed by atoms with E-state index >= 15 is 0 Å². The van der Waals surface area contributed by atoms with E-state index in [9.17, 15) is 4.79 Å². The molecular weight excluding hydrogens is 500 g/mol. The first-order valence-corrected chi connectivity index (χ1v) is 13.8. The minimum atomic E-state index is -0.0389. The molecule has 1 unspecified atom stereocenters. The van der Waals surface area contributed by atoms with Crippen LogP contribution in [0.3, 0.4) is 0 Å². The number of amides is 1. The fourth-order valence-corrected chi connectivity index (χ4v) is 4.84. The van der Waals surface area contributed by atoms with Gasteiger partial charge in [-0.15, -0.1) is 0 Å². The van der Waals surface area contributed by atoms with Crippen molar-refractivity contribution in [1.29, 1.82) is 0 Å². The molecule has 2 heterocycles. The topological polar surface area (TPSA) is 87.7 Å². The largest absolute Gasteiger partial charge is 0.493 e. The van der Waals surface area contributed by atoms with E-state index in [2.05, 4.69) is 5.32 Å². The van der Waals surface area contributed by atoms with E-state index in [1.54, 1.807) is 32.4 Å². The predicted molar refractivity (Wildman–Crippen MR) is 148 cm³/mol. The number of hydrogen-bond donors (Lipinski definition) is 1. The number of rotatable bonds is 13. The second-order valence-electron chi connectivity index (χ2n) is 10.2. The lowest BCUT2D eigenvalue weighted by Crippen LogP contribution is -2.43. The Morgan fingerprint density at radius 3 is 2.62 bits per heavy atom. The number of methoxy groups -OCH3 is 2. The van der Waals surface area contributed by atoms with E-state index in [4.69, 9.17) is 28.4 Å². The van der Waals surface area contributed by atoms with Crippen LogP contribution in [0.4, 0.5) is 0 Å². The molecule has 0 spiro atoms. The first-order valence-electron chi connectivity index (χ1n) is 13.8. The van der Waals surface area contributed by atoms with Crippen LogP contribution in [-0.4, -0.2) is 83.2 Å². The average Bonchev–Trinajstić information content (AvgIpc) is 3.26. The van der Waals surface area contributed by atoms with Crippen LogP contribution in [0.5, 0.6) is 23.0 Å². The van der Waals surface area contributed by atoms with E-state index < -0.39 is 0 Å². The maximum absolute atomic E-state index is 13.7. The molecule has 1 saturated heterocycles. The van der Waals surface area contributed by atoms with Gasteiger partial charge in [-0.1, -0.05) is 6.07 Å². The zero-order valence-corrected chi connectivity index (χ0v) is 23.6. The Labute approximate surface area is 231 Å². The van der Waals surface area contributed by atoms with Gasteiger partial charge in [0, 0.05) is 63.7 Å². The van der Waals surface area contributed by atoms with Gasteiger partial charge in [0.2, 0.25) is 0 Å². The molecule has 0 bridgehead atoms. The summed E-state index contributed by atoms with van der Waals surface area (Å²) in [7, 11) is 3.26. The van der Waals surface area contributed by atoms with Gasteiger partial charge in [-0.3, -0.25) is 4.79 Å². The Kier molecular flexibility index (Phi) is 10.7. The van der Waals surface area contributed by atoms with Crippen molar-refractivity contribution in [2.24, 2.45) is 5.92 Å². The van der Waals surface area contributed by atoms with Crippen LogP contribution in [0.15, 0.2) is 36.4 Å². The van der Waals surface area contributed by atoms with Crippen molar-refractivity contribution in [2.75, 3.05) is 60.3 Å². The molecule has 4 rings (SSSR count). The van der Waals surface area contributed by atoms with E-state index in [1.807, 2.05) is 36.9 Å². The lowest BCUT2D eigenvalue weighted by atomic mass is 10.0. The fourth-order valence-electron chi connectivity index (χ4n) is 4.84. The summed E-state index contributed by atoms with van der Waals surface area (Å²) in [6.07, 6.45) is 1.61. The SMILES string of the molecule is COCCCOc1cc(C(=O)N(C[C@@H]2CNCC2OCc2ccc3c(c2)OCCCO3)C(C)C)ccc1OC. The van der Waals surface area contributed by atoms with Gasteiger partial charge in [-0.25, -0.2) is 0 Å². The van der Waals surface area contributed by atoms with Crippen LogP contribution in [-0.2, 0) is 16.1 Å². The molecule has 2 atom stereocenters. The van der Waals surface area contributed by atoms with Crippen LogP contribution < -0.4 is 24.3 Å². The van der Waals surface area contributed by atoms with Crippen molar-refractivity contribution in [2.45, 2.75) is 45.4 Å². The highest BCUT2D eigenvalue weighted by molar-refractivity contribution is 5.95. The molecule has 1 fully saturated rings. The van der Waals surface area contributed by atoms with Crippen molar-refractivity contribution in [3.05, 3.63) is 47.5 Å². The maximum Gasteiger partial charge on any atom is 0.254 e. The molecule has 0 radical (unpaired) electrons. The number of ether oxygens (including phenoxy) is 6. The normalized spacial score (nSPS) is 18.6. The number of nitrogens with zero attached hydrogens (tertiary/aromatic N) is 1. The Morgan fingerprint density at radius 2 is 1.85 bits per heavy atom. The molecule has 9 heteroatoms. The average molecular weight is 543 g/mol. The summed E-state index contributed by atoms with van der Waals surface area (Å²) in [6.45, 7) is 9.09. The second kappa shape index (κ2) is 14.4. The summed E-state index contributed by atoms with van der Waals surface area (Å²) in [6, 6.07) is 11.4. The Bertz CT molecular complexity index is 1080. The molecule has 2 aromatic rings. The molecule has 9 nitrogen and oxygen atoms in total. The third kappa shape index (κ3) is 7.77. The minimum Gasteiger partial charge on any atom is -0.493 e. The Balaban J connectivity index is 1.39. The lowest BCUT2D eigenvalue weighted by molar-refractivity contribution is 0.0128. The maximum atomic E-state index is 13.7. The van der Waals surface area contributed by atoms with Gasteiger partial charge in [0.15, 0.2) is 23.0 Å². The molecule has 2 aliphatic heterocycles. The highest BCUT2D eigenvalue weighted by Gasteiger charge is 2.32. The van der Waals surface area contributed by atoms with E-state index in [1.165, 1.54) is 0 Å². The third-order valence-corrected chi connectivity index (χ3v) is 7.03. The predicted octanol–water partition coefficient (Wildman–Crippen LogP) is 3.93. The first kappa shape index (κ1) is 29.0. The highest BCUT2D eigenvalue weighted by Crippen LogP contribution is 2.32. The van der Waals surface area contributed by atoms with Gasteiger partial charge in [-0.2, -0.15) is 0 Å². The number of carbonyl (C=O) groups excluding carboxylic acids is 1. The molecule has 39 heavy (non-hydrogen) atoms. The summed E-state index contributed by atoms with van der Waals surface area (Å²) in [5, 5.41) is 3.44. The smallest absolute Gasteiger partial charge is 0.254 e. The summed E-state index contributed by atoms with van der Waals surface area (Å²) in [4.78, 5) is 15.6. The zero-order chi connectivity index (χ0) is 27.6. The van der Waals surface area contributed by atoms with Crippen molar-refractivity contribution in [3.63, 3.8) is 0 Å². The Hall–Kier alpha value is -3.01. The van der Waals surface area contributed by atoms with Gasteiger partial charge in [-0.05, 0) is 49.7 Å². The standard InChI is InChI=1S/C30H42N2O7/c1-21(2)32(30(33)23-8-10-25(35-4)28(16-23)38-12-5-11-34-3)19-24-17-31-18-29(24)39-20-22-7-9-26-27(15-22)37-14-6-13-36-26/h7-10,15-16,21,24,29,31H,5-6,11-14,17-20H2,1-4H3/t24-,29?/m0/s1. The molecule has 1 N–H and O–H groups in total. The second-order valence-corrected chi connectivity index (χ2v) is 10.2. The molecule has 1 amide bonds. The number of hydrogen-bond acceptors (Lipinski definition) is 8. The minimum absolute atomic E-state index is 0.00873. The number of carbonyl (C=O) groups is 1. The third-order valence-electron chi connectivity index (χ3n) is 7.03. The molecule has 0 aliphatic carbocycles. The molecule has 0 saturated carbocycles. The fraction of sp³-hybridized carbons (Fsp3) is 0.567. The summed E-state index contributed by atoms with van der Waals surface area (Å²) in [5.41, 5.74) is 1.61. The summed E-state index contributed by atoms with van der Waals surface area (Å²) in [5.74, 6) is 2.84. The van der Waals surface area contributed by atoms with E-state index in [0.717, 1.165) is 43.0 Å². The van der Waals surface area contributed by atoms with Crippen LogP contribution in [0, 0.1) is 5.92 Å². The molecule has 2 aromatic carbocycles. The molecule has 0 aromatic heterocycles. The van der Waals surface area contributed by atoms with Crippen LogP contribution in [0.1, 0.15) is 42.6 Å². The van der Waals surface area contributed by atoms with Crippen molar-refractivity contribution in [1.82, 2.24) is 10.2 Å². The molecule has 2 aliphatic rings. The monoisotopic (exact) mass is 542 g/mol. The zero-order valence-electron chi connectivity index (χ0n) is 23.6. The van der Waals surface area contributed by atoms with Crippen LogP contribution >= 0.6 is 0 Å². The van der Waals surface area contributed by atoms with Crippen molar-refractivity contribution in [3.8, 4) is 23.0 Å². The summed E-state index contributed by atoms with van der Waals surface area (Å²) >= 11 is 0. The van der Waals surface area contributed by atoms with Gasteiger partial charge in [0.05, 0.1) is 39.6 Å². The molecular formula is C30H42N2O7.